The topological polar surface area (TPSA) is 39.7 Å². The van der Waals surface area contributed by atoms with Gasteiger partial charge in [0.2, 0.25) is 0 Å². The first-order valence-corrected chi connectivity index (χ1v) is 9.08. The van der Waals surface area contributed by atoms with Gasteiger partial charge in [-0.15, -0.1) is 0 Å². The van der Waals surface area contributed by atoms with Crippen LogP contribution in [0.5, 0.6) is 0 Å². The molecular weight excluding hydrogens is 308 g/mol. The van der Waals surface area contributed by atoms with Gasteiger partial charge in [-0.3, -0.25) is 4.99 Å². The molecule has 1 aliphatic heterocycles. The van der Waals surface area contributed by atoms with Gasteiger partial charge in [0, 0.05) is 32.4 Å². The van der Waals surface area contributed by atoms with E-state index in [4.69, 9.17) is 0 Å². The minimum Gasteiger partial charge on any atom is -0.371 e. The Bertz CT molecular complexity index is 669. The number of hydrogen-bond acceptors (Lipinski definition) is 2. The number of benzene rings is 2. The molecule has 0 amide bonds. The van der Waals surface area contributed by atoms with Crippen LogP contribution in [-0.2, 0) is 0 Å². The Hall–Kier alpha value is -2.49. The lowest BCUT2D eigenvalue weighted by Crippen LogP contribution is -2.41. The molecule has 2 aromatic carbocycles. The lowest BCUT2D eigenvalue weighted by atomic mass is 10.1. The van der Waals surface area contributed by atoms with E-state index in [1.54, 1.807) is 0 Å². The van der Waals surface area contributed by atoms with Gasteiger partial charge in [0.1, 0.15) is 0 Å². The fraction of sp³-hybridized carbons (Fsp3) is 0.381. The molecule has 0 bridgehead atoms. The first kappa shape index (κ1) is 17.3. The van der Waals surface area contributed by atoms with Crippen LogP contribution in [0.2, 0.25) is 0 Å². The molecule has 4 heteroatoms. The molecule has 1 saturated heterocycles. The summed E-state index contributed by atoms with van der Waals surface area (Å²) in [5.74, 6) is 1.51. The molecule has 132 valence electrons. The van der Waals surface area contributed by atoms with Gasteiger partial charge in [0.15, 0.2) is 5.96 Å². The van der Waals surface area contributed by atoms with Gasteiger partial charge in [0.05, 0.1) is 6.04 Å². The Morgan fingerprint density at radius 1 is 1.12 bits per heavy atom. The summed E-state index contributed by atoms with van der Waals surface area (Å²) in [7, 11) is 1.83. The molecule has 2 N–H and O–H groups in total. The smallest absolute Gasteiger partial charge is 0.191 e. The van der Waals surface area contributed by atoms with Crippen LogP contribution >= 0.6 is 0 Å². The Labute approximate surface area is 151 Å². The van der Waals surface area contributed by atoms with E-state index >= 15 is 0 Å². The van der Waals surface area contributed by atoms with E-state index in [1.165, 1.54) is 17.7 Å². The third kappa shape index (κ3) is 4.75. The number of nitrogens with zero attached hydrogens (tertiary/aromatic N) is 2. The molecule has 2 aromatic rings. The number of aliphatic imine (C=N–C) groups is 1. The monoisotopic (exact) mass is 336 g/mol. The fourth-order valence-corrected chi connectivity index (χ4v) is 3.34. The second kappa shape index (κ2) is 8.56. The minimum absolute atomic E-state index is 0.233. The molecule has 25 heavy (non-hydrogen) atoms. The number of rotatable bonds is 5. The maximum absolute atomic E-state index is 4.37. The van der Waals surface area contributed by atoms with Crippen molar-refractivity contribution in [1.29, 1.82) is 0 Å². The summed E-state index contributed by atoms with van der Waals surface area (Å²) in [5, 5.41) is 6.97. The Morgan fingerprint density at radius 2 is 1.80 bits per heavy atom. The summed E-state index contributed by atoms with van der Waals surface area (Å²) in [6, 6.07) is 21.4. The molecule has 2 unspecified atom stereocenters. The van der Waals surface area contributed by atoms with Gasteiger partial charge in [0.25, 0.3) is 0 Å². The number of guanidine groups is 1. The molecule has 0 saturated carbocycles. The van der Waals surface area contributed by atoms with Crippen molar-refractivity contribution in [2.75, 3.05) is 31.6 Å². The van der Waals surface area contributed by atoms with Crippen molar-refractivity contribution < 1.29 is 0 Å². The SMILES string of the molecule is CN=C(NCC1CCN(c2ccccc2)C1)NC(C)c1ccccc1. The van der Waals surface area contributed by atoms with Crippen molar-refractivity contribution in [3.05, 3.63) is 66.2 Å². The highest BCUT2D eigenvalue weighted by Crippen LogP contribution is 2.23. The van der Waals surface area contributed by atoms with E-state index in [2.05, 4.69) is 82.0 Å². The van der Waals surface area contributed by atoms with Crippen LogP contribution in [0, 0.1) is 5.92 Å². The molecule has 4 nitrogen and oxygen atoms in total. The lowest BCUT2D eigenvalue weighted by Gasteiger charge is -2.21. The van der Waals surface area contributed by atoms with Crippen LogP contribution < -0.4 is 15.5 Å². The Balaban J connectivity index is 1.47. The quantitative estimate of drug-likeness (QED) is 0.649. The largest absolute Gasteiger partial charge is 0.371 e. The second-order valence-corrected chi connectivity index (χ2v) is 6.67. The van der Waals surface area contributed by atoms with Gasteiger partial charge >= 0.3 is 0 Å². The lowest BCUT2D eigenvalue weighted by molar-refractivity contribution is 0.560. The number of nitrogens with one attached hydrogen (secondary N) is 2. The molecule has 0 aliphatic carbocycles. The molecule has 2 atom stereocenters. The summed E-state index contributed by atoms with van der Waals surface area (Å²) in [5.41, 5.74) is 2.59. The van der Waals surface area contributed by atoms with Crippen molar-refractivity contribution in [3.8, 4) is 0 Å². The zero-order chi connectivity index (χ0) is 17.5. The van der Waals surface area contributed by atoms with Gasteiger partial charge in [-0.05, 0) is 37.0 Å². The van der Waals surface area contributed by atoms with Crippen molar-refractivity contribution in [2.45, 2.75) is 19.4 Å². The molecule has 0 spiro atoms. The summed E-state index contributed by atoms with van der Waals surface area (Å²) >= 11 is 0. The molecular formula is C21H28N4. The van der Waals surface area contributed by atoms with Crippen LogP contribution in [0.1, 0.15) is 24.9 Å². The highest BCUT2D eigenvalue weighted by Gasteiger charge is 2.22. The molecule has 1 aliphatic rings. The third-order valence-electron chi connectivity index (χ3n) is 4.84. The zero-order valence-corrected chi connectivity index (χ0v) is 15.2. The van der Waals surface area contributed by atoms with Gasteiger partial charge in [-0.2, -0.15) is 0 Å². The van der Waals surface area contributed by atoms with Crippen molar-refractivity contribution in [1.82, 2.24) is 10.6 Å². The van der Waals surface area contributed by atoms with E-state index in [9.17, 15) is 0 Å². The van der Waals surface area contributed by atoms with E-state index < -0.39 is 0 Å². The molecule has 3 rings (SSSR count). The van der Waals surface area contributed by atoms with Crippen LogP contribution in [0.25, 0.3) is 0 Å². The van der Waals surface area contributed by atoms with Crippen molar-refractivity contribution >= 4 is 11.6 Å². The predicted octanol–water partition coefficient (Wildman–Crippen LogP) is 3.44. The molecule has 0 aromatic heterocycles. The van der Waals surface area contributed by atoms with Crippen molar-refractivity contribution in [2.24, 2.45) is 10.9 Å². The van der Waals surface area contributed by atoms with E-state index in [0.717, 1.165) is 25.6 Å². The highest BCUT2D eigenvalue weighted by atomic mass is 15.2. The summed E-state index contributed by atoms with van der Waals surface area (Å²) in [4.78, 5) is 6.84. The average Bonchev–Trinajstić information content (AvgIpc) is 3.15. The van der Waals surface area contributed by atoms with Gasteiger partial charge < -0.3 is 15.5 Å². The summed E-state index contributed by atoms with van der Waals surface area (Å²) in [6.45, 7) is 5.34. The van der Waals surface area contributed by atoms with E-state index in [0.29, 0.717) is 5.92 Å². The first-order valence-electron chi connectivity index (χ1n) is 9.08. The van der Waals surface area contributed by atoms with Crippen molar-refractivity contribution in [3.63, 3.8) is 0 Å². The normalized spacial score (nSPS) is 18.9. The zero-order valence-electron chi connectivity index (χ0n) is 15.2. The third-order valence-corrected chi connectivity index (χ3v) is 4.84. The second-order valence-electron chi connectivity index (χ2n) is 6.67. The number of anilines is 1. The number of para-hydroxylation sites is 1. The van der Waals surface area contributed by atoms with E-state index in [-0.39, 0.29) is 6.04 Å². The van der Waals surface area contributed by atoms with Crippen LogP contribution in [-0.4, -0.2) is 32.6 Å². The van der Waals surface area contributed by atoms with Crippen LogP contribution in [0.15, 0.2) is 65.7 Å². The predicted molar refractivity (Wildman–Crippen MR) is 106 cm³/mol. The standard InChI is InChI=1S/C21H28N4/c1-17(19-9-5-3-6-10-19)24-21(22-2)23-15-18-13-14-25(16-18)20-11-7-4-8-12-20/h3-12,17-18H,13-16H2,1-2H3,(H2,22,23,24). The van der Waals surface area contributed by atoms with Gasteiger partial charge in [-0.25, -0.2) is 0 Å². The number of hydrogen-bond donors (Lipinski definition) is 2. The van der Waals surface area contributed by atoms with Crippen LogP contribution in [0.3, 0.4) is 0 Å². The Kier molecular flexibility index (Phi) is 5.94. The minimum atomic E-state index is 0.233. The maximum Gasteiger partial charge on any atom is 0.191 e. The Morgan fingerprint density at radius 3 is 2.48 bits per heavy atom. The highest BCUT2D eigenvalue weighted by molar-refractivity contribution is 5.80. The maximum atomic E-state index is 4.37. The van der Waals surface area contributed by atoms with Crippen LogP contribution in [0.4, 0.5) is 5.69 Å². The summed E-state index contributed by atoms with van der Waals surface area (Å²) in [6.07, 6.45) is 1.22. The molecule has 1 fully saturated rings. The molecule has 0 radical (unpaired) electrons. The fourth-order valence-electron chi connectivity index (χ4n) is 3.34. The van der Waals surface area contributed by atoms with E-state index in [1.807, 2.05) is 13.1 Å². The summed E-state index contributed by atoms with van der Waals surface area (Å²) < 4.78 is 0. The van der Waals surface area contributed by atoms with Gasteiger partial charge in [-0.1, -0.05) is 48.5 Å². The average molecular weight is 336 g/mol. The first-order chi connectivity index (χ1) is 12.3. The molecule has 1 heterocycles.